The summed E-state index contributed by atoms with van der Waals surface area (Å²) in [6.07, 6.45) is -0.0887. The molecule has 0 unspecified atom stereocenters. The third-order valence-corrected chi connectivity index (χ3v) is 6.89. The summed E-state index contributed by atoms with van der Waals surface area (Å²) in [5.41, 5.74) is 1.25. The number of amides is 4. The molecule has 2 aliphatic heterocycles. The standard InChI is InChI=1S/2C11H11NO5S.2Na/c2*13-10-8-4-1-2-5-9(8)11(14)12(10)6-3-7-18(15,16)17;;/h2*1-2,4-5H,3,6-7H2,(H,15,16,17);;/q;;2*+1/p-2. The minimum absolute atomic E-state index is 0. The fraction of sp³-hybridized carbons (Fsp3) is 0.273. The maximum Gasteiger partial charge on any atom is 1.00 e. The Labute approximate surface area is 263 Å². The van der Waals surface area contributed by atoms with Crippen LogP contribution in [0.3, 0.4) is 0 Å². The largest absolute Gasteiger partial charge is 1.00 e. The maximum atomic E-state index is 11.8. The molecule has 192 valence electrons. The van der Waals surface area contributed by atoms with Gasteiger partial charge in [-0.1, -0.05) is 24.3 Å². The second-order valence-electron chi connectivity index (χ2n) is 7.85. The van der Waals surface area contributed by atoms with Gasteiger partial charge in [0.1, 0.15) is 0 Å². The molecule has 38 heavy (non-hydrogen) atoms. The average molecular weight is 583 g/mol. The Morgan fingerprint density at radius 3 is 0.974 bits per heavy atom. The van der Waals surface area contributed by atoms with Gasteiger partial charge in [0.05, 0.1) is 42.5 Å². The van der Waals surface area contributed by atoms with Crippen molar-refractivity contribution in [1.29, 1.82) is 0 Å². The number of hydrogen-bond acceptors (Lipinski definition) is 10. The summed E-state index contributed by atoms with van der Waals surface area (Å²) in [4.78, 5) is 49.3. The van der Waals surface area contributed by atoms with Gasteiger partial charge in [-0.3, -0.25) is 29.0 Å². The summed E-state index contributed by atoms with van der Waals surface area (Å²) in [7, 11) is -8.63. The van der Waals surface area contributed by atoms with Crippen molar-refractivity contribution in [3.63, 3.8) is 0 Å². The number of rotatable bonds is 8. The van der Waals surface area contributed by atoms with Crippen molar-refractivity contribution >= 4 is 43.9 Å². The summed E-state index contributed by atoms with van der Waals surface area (Å²) in [6, 6.07) is 12.8. The molecule has 4 rings (SSSR count). The van der Waals surface area contributed by atoms with Crippen LogP contribution in [0.25, 0.3) is 0 Å². The van der Waals surface area contributed by atoms with E-state index in [1.54, 1.807) is 48.5 Å². The fourth-order valence-electron chi connectivity index (χ4n) is 3.68. The van der Waals surface area contributed by atoms with E-state index < -0.39 is 55.4 Å². The Balaban J connectivity index is 0.000000361. The fourth-order valence-corrected chi connectivity index (χ4v) is 4.65. The molecule has 0 saturated heterocycles. The van der Waals surface area contributed by atoms with Gasteiger partial charge in [-0.05, 0) is 37.1 Å². The van der Waals surface area contributed by atoms with Crippen molar-refractivity contribution in [2.45, 2.75) is 12.8 Å². The number of hydrogen-bond donors (Lipinski definition) is 0. The van der Waals surface area contributed by atoms with E-state index in [0.29, 0.717) is 22.3 Å². The molecule has 0 spiro atoms. The van der Waals surface area contributed by atoms with E-state index in [-0.39, 0.29) is 85.0 Å². The maximum absolute atomic E-state index is 11.8. The van der Waals surface area contributed by atoms with E-state index in [0.717, 1.165) is 9.80 Å². The second kappa shape index (κ2) is 14.3. The first-order valence-corrected chi connectivity index (χ1v) is 13.7. The number of benzene rings is 2. The molecule has 0 N–H and O–H groups in total. The van der Waals surface area contributed by atoms with Crippen LogP contribution in [0.1, 0.15) is 54.3 Å². The summed E-state index contributed by atoms with van der Waals surface area (Å²) in [6.45, 7) is -0.123. The third-order valence-electron chi connectivity index (χ3n) is 5.31. The SMILES string of the molecule is O=C1c2ccccc2C(=O)N1CCCS(=O)(=O)[O-].O=C1c2ccccc2C(=O)N1CCCS(=O)(=O)[O-].[Na+].[Na+]. The van der Waals surface area contributed by atoms with Crippen LogP contribution in [-0.4, -0.2) is 84.0 Å². The van der Waals surface area contributed by atoms with Gasteiger partial charge < -0.3 is 9.11 Å². The molecule has 0 bridgehead atoms. The Morgan fingerprint density at radius 1 is 0.526 bits per heavy atom. The van der Waals surface area contributed by atoms with Crippen molar-refractivity contribution in [1.82, 2.24) is 9.80 Å². The second-order valence-corrected chi connectivity index (χ2v) is 10.9. The van der Waals surface area contributed by atoms with E-state index in [9.17, 15) is 45.1 Å². The van der Waals surface area contributed by atoms with Crippen LogP contribution in [0.5, 0.6) is 0 Å². The summed E-state index contributed by atoms with van der Waals surface area (Å²) >= 11 is 0. The first-order valence-electron chi connectivity index (χ1n) is 10.6. The number of imide groups is 2. The van der Waals surface area contributed by atoms with E-state index >= 15 is 0 Å². The van der Waals surface area contributed by atoms with Crippen LogP contribution in [0, 0.1) is 0 Å². The zero-order valence-electron chi connectivity index (χ0n) is 20.7. The monoisotopic (exact) mass is 582 g/mol. The third kappa shape index (κ3) is 8.78. The smallest absolute Gasteiger partial charge is 0.748 e. The first-order chi connectivity index (χ1) is 16.8. The Kier molecular flexibility index (Phi) is 13.0. The average Bonchev–Trinajstić information content (AvgIpc) is 3.19. The molecule has 16 heteroatoms. The van der Waals surface area contributed by atoms with Crippen LogP contribution in [0.15, 0.2) is 48.5 Å². The van der Waals surface area contributed by atoms with Crippen molar-refractivity contribution in [2.24, 2.45) is 0 Å². The molecular formula is C22H20N2Na2O10S2. The summed E-state index contributed by atoms with van der Waals surface area (Å²) < 4.78 is 62.7. The van der Waals surface area contributed by atoms with E-state index in [1.165, 1.54) is 0 Å². The van der Waals surface area contributed by atoms with Crippen molar-refractivity contribution in [3.8, 4) is 0 Å². The van der Waals surface area contributed by atoms with Crippen molar-refractivity contribution < 1.29 is 104 Å². The van der Waals surface area contributed by atoms with E-state index in [4.69, 9.17) is 0 Å². The Morgan fingerprint density at radius 2 is 0.763 bits per heavy atom. The van der Waals surface area contributed by atoms with E-state index in [1.807, 2.05) is 0 Å². The molecule has 4 amide bonds. The van der Waals surface area contributed by atoms with Gasteiger partial charge in [-0.25, -0.2) is 16.8 Å². The normalized spacial score (nSPS) is 14.3. The van der Waals surface area contributed by atoms with Crippen LogP contribution >= 0.6 is 0 Å². The topological polar surface area (TPSA) is 189 Å². The Bertz CT molecular complexity index is 1270. The molecule has 0 atom stereocenters. The minimum atomic E-state index is -4.32. The molecular weight excluding hydrogens is 562 g/mol. The molecule has 2 heterocycles. The van der Waals surface area contributed by atoms with Gasteiger partial charge in [-0.2, -0.15) is 0 Å². The van der Waals surface area contributed by atoms with Gasteiger partial charge in [0.25, 0.3) is 23.6 Å². The predicted molar refractivity (Wildman–Crippen MR) is 122 cm³/mol. The van der Waals surface area contributed by atoms with Crippen molar-refractivity contribution in [3.05, 3.63) is 70.8 Å². The zero-order valence-corrected chi connectivity index (χ0v) is 26.3. The van der Waals surface area contributed by atoms with Crippen LogP contribution in [-0.2, 0) is 20.2 Å². The molecule has 12 nitrogen and oxygen atoms in total. The van der Waals surface area contributed by atoms with Gasteiger partial charge in [0.15, 0.2) is 0 Å². The molecule has 0 saturated carbocycles. The van der Waals surface area contributed by atoms with Crippen LogP contribution in [0.4, 0.5) is 0 Å². The number of carbonyl (C=O) groups excluding carboxylic acids is 4. The number of fused-ring (bicyclic) bond motifs is 2. The molecule has 0 aliphatic carbocycles. The quantitative estimate of drug-likeness (QED) is 0.165. The van der Waals surface area contributed by atoms with Gasteiger partial charge >= 0.3 is 59.1 Å². The number of carbonyl (C=O) groups is 4. The molecule has 0 aromatic heterocycles. The predicted octanol–water partition coefficient (Wildman–Crippen LogP) is -5.56. The minimum Gasteiger partial charge on any atom is -0.748 e. The Hall–Kier alpha value is -1.46. The molecule has 2 aliphatic rings. The molecule has 0 radical (unpaired) electrons. The van der Waals surface area contributed by atoms with Crippen molar-refractivity contribution in [2.75, 3.05) is 24.6 Å². The van der Waals surface area contributed by atoms with Gasteiger partial charge in [-0.15, -0.1) is 0 Å². The van der Waals surface area contributed by atoms with Crippen LogP contribution in [0.2, 0.25) is 0 Å². The first kappa shape index (κ1) is 34.6. The molecule has 2 aromatic carbocycles. The molecule has 0 fully saturated rings. The van der Waals surface area contributed by atoms with Crippen LogP contribution < -0.4 is 59.1 Å². The summed E-state index contributed by atoms with van der Waals surface area (Å²) in [5, 5.41) is 0. The van der Waals surface area contributed by atoms with Gasteiger partial charge in [0, 0.05) is 24.6 Å². The zero-order chi connectivity index (χ0) is 26.7. The van der Waals surface area contributed by atoms with Gasteiger partial charge in [0.2, 0.25) is 0 Å². The number of nitrogens with zero attached hydrogens (tertiary/aromatic N) is 2. The van der Waals surface area contributed by atoms with E-state index in [2.05, 4.69) is 0 Å². The molecule has 2 aromatic rings. The summed E-state index contributed by atoms with van der Waals surface area (Å²) in [5.74, 6) is -2.95.